The van der Waals surface area contributed by atoms with Gasteiger partial charge >= 0.3 is 0 Å². The van der Waals surface area contributed by atoms with E-state index in [-0.39, 0.29) is 5.60 Å². The summed E-state index contributed by atoms with van der Waals surface area (Å²) in [5, 5.41) is 3.86. The SMILES string of the molecule is c1coc(CN2CCC3(CC2)C[C@@H](N[C@@H]2CCOC2)c2ccccc2O3)c1. The van der Waals surface area contributed by atoms with Crippen molar-refractivity contribution in [3.8, 4) is 5.75 Å². The van der Waals surface area contributed by atoms with Gasteiger partial charge in [0.05, 0.1) is 19.4 Å². The fraction of sp³-hybridized carbons (Fsp3) is 0.545. The molecule has 1 spiro atoms. The van der Waals surface area contributed by atoms with Crippen LogP contribution in [0.25, 0.3) is 0 Å². The molecule has 2 aromatic rings. The predicted molar refractivity (Wildman–Crippen MR) is 103 cm³/mol. The third-order valence-electron chi connectivity index (χ3n) is 6.29. The van der Waals surface area contributed by atoms with E-state index in [1.165, 1.54) is 5.56 Å². The Bertz CT molecular complexity index is 747. The van der Waals surface area contributed by atoms with Crippen molar-refractivity contribution in [2.75, 3.05) is 26.3 Å². The molecule has 144 valence electrons. The Hall–Kier alpha value is -1.82. The quantitative estimate of drug-likeness (QED) is 0.895. The van der Waals surface area contributed by atoms with Crippen molar-refractivity contribution in [1.82, 2.24) is 10.2 Å². The first-order valence-electron chi connectivity index (χ1n) is 10.2. The Morgan fingerprint density at radius 3 is 2.78 bits per heavy atom. The van der Waals surface area contributed by atoms with Crippen LogP contribution in [0.1, 0.15) is 43.0 Å². The summed E-state index contributed by atoms with van der Waals surface area (Å²) in [7, 11) is 0. The van der Waals surface area contributed by atoms with Gasteiger partial charge in [-0.15, -0.1) is 0 Å². The van der Waals surface area contributed by atoms with Crippen molar-refractivity contribution < 1.29 is 13.9 Å². The summed E-state index contributed by atoms with van der Waals surface area (Å²) in [6.07, 6.45) is 6.01. The molecule has 2 saturated heterocycles. The van der Waals surface area contributed by atoms with Gasteiger partial charge in [0.15, 0.2) is 0 Å². The highest BCUT2D eigenvalue weighted by molar-refractivity contribution is 5.39. The van der Waals surface area contributed by atoms with Crippen molar-refractivity contribution in [1.29, 1.82) is 0 Å². The minimum atomic E-state index is -0.0643. The molecular formula is C22H28N2O3. The van der Waals surface area contributed by atoms with E-state index in [4.69, 9.17) is 13.9 Å². The predicted octanol–water partition coefficient (Wildman–Crippen LogP) is 3.52. The number of nitrogens with one attached hydrogen (secondary N) is 1. The van der Waals surface area contributed by atoms with Gasteiger partial charge in [0.1, 0.15) is 17.1 Å². The van der Waals surface area contributed by atoms with Gasteiger partial charge in [0.25, 0.3) is 0 Å². The smallest absolute Gasteiger partial charge is 0.124 e. The van der Waals surface area contributed by atoms with E-state index < -0.39 is 0 Å². The van der Waals surface area contributed by atoms with Crippen molar-refractivity contribution in [2.45, 2.75) is 49.9 Å². The molecule has 5 heteroatoms. The standard InChI is InChI=1S/C22H28N2O3/c1-2-6-21-19(5-1)20(23-17-7-13-25-16-17)14-22(27-21)8-10-24(11-9-22)15-18-4-3-12-26-18/h1-6,12,17,20,23H,7-11,13-16H2/t17-,20-/m1/s1. The number of hydrogen-bond donors (Lipinski definition) is 1. The maximum absolute atomic E-state index is 6.62. The highest BCUT2D eigenvalue weighted by Crippen LogP contribution is 2.44. The Balaban J connectivity index is 1.30. The molecule has 1 aromatic carbocycles. The molecule has 27 heavy (non-hydrogen) atoms. The monoisotopic (exact) mass is 368 g/mol. The second-order valence-electron chi connectivity index (χ2n) is 8.16. The van der Waals surface area contributed by atoms with Gasteiger partial charge in [0, 0.05) is 43.8 Å². The molecule has 5 rings (SSSR count). The first-order valence-corrected chi connectivity index (χ1v) is 10.2. The van der Waals surface area contributed by atoms with Crippen LogP contribution in [0.15, 0.2) is 47.1 Å². The molecule has 5 nitrogen and oxygen atoms in total. The van der Waals surface area contributed by atoms with Crippen LogP contribution in [-0.4, -0.2) is 42.8 Å². The number of furan rings is 1. The second-order valence-corrected chi connectivity index (χ2v) is 8.16. The molecule has 4 heterocycles. The number of likely N-dealkylation sites (tertiary alicyclic amines) is 1. The van der Waals surface area contributed by atoms with Crippen LogP contribution in [0, 0.1) is 0 Å². The minimum absolute atomic E-state index is 0.0643. The lowest BCUT2D eigenvalue weighted by molar-refractivity contribution is -0.0292. The molecule has 0 bridgehead atoms. The normalized spacial score (nSPS) is 27.4. The fourth-order valence-electron chi connectivity index (χ4n) is 4.77. The Kier molecular flexibility index (Phi) is 4.68. The maximum Gasteiger partial charge on any atom is 0.124 e. The third-order valence-corrected chi connectivity index (χ3v) is 6.29. The lowest BCUT2D eigenvalue weighted by atomic mass is 9.80. The van der Waals surface area contributed by atoms with Crippen LogP contribution in [0.3, 0.4) is 0 Å². The summed E-state index contributed by atoms with van der Waals surface area (Å²) in [5.74, 6) is 2.10. The van der Waals surface area contributed by atoms with E-state index in [1.54, 1.807) is 6.26 Å². The third kappa shape index (κ3) is 3.64. The lowest BCUT2D eigenvalue weighted by Gasteiger charge is -2.47. The number of hydrogen-bond acceptors (Lipinski definition) is 5. The van der Waals surface area contributed by atoms with Crippen LogP contribution < -0.4 is 10.1 Å². The van der Waals surface area contributed by atoms with Crippen LogP contribution in [0.4, 0.5) is 0 Å². The molecule has 0 saturated carbocycles. The number of piperidine rings is 1. The Morgan fingerprint density at radius 1 is 1.11 bits per heavy atom. The summed E-state index contributed by atoms with van der Waals surface area (Å²) in [4.78, 5) is 2.47. The zero-order valence-electron chi connectivity index (χ0n) is 15.7. The van der Waals surface area contributed by atoms with Gasteiger partial charge in [-0.1, -0.05) is 18.2 Å². The summed E-state index contributed by atoms with van der Waals surface area (Å²) >= 11 is 0. The Morgan fingerprint density at radius 2 is 2.00 bits per heavy atom. The van der Waals surface area contributed by atoms with E-state index in [9.17, 15) is 0 Å². The number of nitrogens with zero attached hydrogens (tertiary/aromatic N) is 1. The Labute approximate surface area is 160 Å². The molecule has 0 unspecified atom stereocenters. The second kappa shape index (κ2) is 7.30. The average Bonchev–Trinajstić information content (AvgIpc) is 3.38. The van der Waals surface area contributed by atoms with Crippen molar-refractivity contribution in [3.05, 3.63) is 54.0 Å². The van der Waals surface area contributed by atoms with Gasteiger partial charge in [-0.2, -0.15) is 0 Å². The van der Waals surface area contributed by atoms with Crippen molar-refractivity contribution >= 4 is 0 Å². The zero-order valence-corrected chi connectivity index (χ0v) is 15.7. The molecule has 0 aliphatic carbocycles. The fourth-order valence-corrected chi connectivity index (χ4v) is 4.77. The van der Waals surface area contributed by atoms with Crippen LogP contribution in [0.2, 0.25) is 0 Å². The summed E-state index contributed by atoms with van der Waals surface area (Å²) in [6, 6.07) is 13.4. The molecule has 3 aliphatic heterocycles. The molecule has 3 aliphatic rings. The topological polar surface area (TPSA) is 46.9 Å². The highest BCUT2D eigenvalue weighted by Gasteiger charge is 2.43. The van der Waals surface area contributed by atoms with Crippen molar-refractivity contribution in [2.24, 2.45) is 0 Å². The minimum Gasteiger partial charge on any atom is -0.487 e. The van der Waals surface area contributed by atoms with E-state index in [2.05, 4.69) is 40.5 Å². The largest absolute Gasteiger partial charge is 0.487 e. The van der Waals surface area contributed by atoms with E-state index in [0.29, 0.717) is 12.1 Å². The molecule has 1 aromatic heterocycles. The van der Waals surface area contributed by atoms with Gasteiger partial charge in [-0.05, 0) is 37.5 Å². The number of fused-ring (bicyclic) bond motifs is 1. The van der Waals surface area contributed by atoms with Crippen molar-refractivity contribution in [3.63, 3.8) is 0 Å². The summed E-state index contributed by atoms with van der Waals surface area (Å²) in [6.45, 7) is 4.67. The first kappa shape index (κ1) is 17.3. The molecule has 2 fully saturated rings. The van der Waals surface area contributed by atoms with E-state index in [0.717, 1.165) is 70.0 Å². The molecule has 0 radical (unpaired) electrons. The van der Waals surface area contributed by atoms with Gasteiger partial charge in [0.2, 0.25) is 0 Å². The van der Waals surface area contributed by atoms with Gasteiger partial charge < -0.3 is 19.2 Å². The number of para-hydroxylation sites is 1. The van der Waals surface area contributed by atoms with E-state index >= 15 is 0 Å². The molecular weight excluding hydrogens is 340 g/mol. The van der Waals surface area contributed by atoms with Crippen LogP contribution >= 0.6 is 0 Å². The van der Waals surface area contributed by atoms with Crippen LogP contribution in [-0.2, 0) is 11.3 Å². The molecule has 1 N–H and O–H groups in total. The summed E-state index contributed by atoms with van der Waals surface area (Å²) < 4.78 is 17.7. The number of rotatable bonds is 4. The van der Waals surface area contributed by atoms with E-state index in [1.807, 2.05) is 6.07 Å². The highest BCUT2D eigenvalue weighted by atomic mass is 16.5. The zero-order chi connectivity index (χ0) is 18.1. The number of ether oxygens (including phenoxy) is 2. The maximum atomic E-state index is 6.62. The molecule has 0 amide bonds. The first-order chi connectivity index (χ1) is 13.3. The lowest BCUT2D eigenvalue weighted by Crippen LogP contribution is -2.52. The van der Waals surface area contributed by atoms with Gasteiger partial charge in [-0.25, -0.2) is 0 Å². The van der Waals surface area contributed by atoms with Crippen LogP contribution in [0.5, 0.6) is 5.75 Å². The molecule has 2 atom stereocenters. The van der Waals surface area contributed by atoms with Gasteiger partial charge in [-0.3, -0.25) is 4.90 Å². The average molecular weight is 368 g/mol. The number of benzene rings is 1. The summed E-state index contributed by atoms with van der Waals surface area (Å²) in [5.41, 5.74) is 1.23.